The van der Waals surface area contributed by atoms with Crippen molar-refractivity contribution in [3.05, 3.63) is 58.8 Å². The summed E-state index contributed by atoms with van der Waals surface area (Å²) >= 11 is 0.878. The smallest absolute Gasteiger partial charge is 0.294 e. The fraction of sp³-hybridized carbons (Fsp3) is 0.318. The molecule has 1 aromatic heterocycles. The van der Waals surface area contributed by atoms with Crippen molar-refractivity contribution in [2.75, 3.05) is 11.9 Å². The van der Waals surface area contributed by atoms with Crippen LogP contribution in [0.25, 0.3) is 6.08 Å². The lowest BCUT2D eigenvalue weighted by atomic mass is 10.2. The van der Waals surface area contributed by atoms with Crippen LogP contribution in [-0.2, 0) is 9.59 Å². The van der Waals surface area contributed by atoms with Crippen LogP contribution in [0.2, 0.25) is 0 Å². The van der Waals surface area contributed by atoms with Gasteiger partial charge in [0, 0.05) is 24.1 Å². The fourth-order valence-corrected chi connectivity index (χ4v) is 4.55. The highest BCUT2D eigenvalue weighted by atomic mass is 32.2. The van der Waals surface area contributed by atoms with E-state index in [2.05, 4.69) is 9.88 Å². The van der Waals surface area contributed by atoms with E-state index in [4.69, 9.17) is 0 Å². The van der Waals surface area contributed by atoms with Gasteiger partial charge in [-0.2, -0.15) is 0 Å². The van der Waals surface area contributed by atoms with Gasteiger partial charge in [0.2, 0.25) is 5.91 Å². The Morgan fingerprint density at radius 2 is 1.90 bits per heavy atom. The Morgan fingerprint density at radius 3 is 2.62 bits per heavy atom. The molecule has 4 rings (SSSR count). The number of aryl methyl sites for hydroxylation is 1. The van der Waals surface area contributed by atoms with E-state index in [1.807, 2.05) is 37.5 Å². The number of imide groups is 1. The number of hydrogen-bond donors (Lipinski definition) is 1. The van der Waals surface area contributed by atoms with E-state index in [1.54, 1.807) is 18.2 Å². The van der Waals surface area contributed by atoms with E-state index in [0.29, 0.717) is 16.6 Å². The number of rotatable bonds is 5. The van der Waals surface area contributed by atoms with E-state index in [0.717, 1.165) is 27.8 Å². The maximum atomic E-state index is 12.6. The Morgan fingerprint density at radius 1 is 1.17 bits per heavy atom. The number of hydrogen-bond acceptors (Lipinski definition) is 4. The van der Waals surface area contributed by atoms with Crippen LogP contribution in [0.4, 0.5) is 10.5 Å². The lowest BCUT2D eigenvalue weighted by molar-refractivity contribution is -0.127. The first kappa shape index (κ1) is 19.5. The number of aromatic nitrogens is 1. The number of benzene rings is 1. The van der Waals surface area contributed by atoms with E-state index < -0.39 is 17.1 Å². The van der Waals surface area contributed by atoms with Crippen molar-refractivity contribution in [1.82, 2.24) is 9.47 Å². The molecule has 6 nitrogen and oxygen atoms in total. The van der Waals surface area contributed by atoms with Gasteiger partial charge in [-0.05, 0) is 61.4 Å². The lowest BCUT2D eigenvalue weighted by Gasteiger charge is -2.12. The maximum Gasteiger partial charge on any atom is 0.294 e. The van der Waals surface area contributed by atoms with Gasteiger partial charge in [0.05, 0.1) is 4.91 Å². The van der Waals surface area contributed by atoms with E-state index in [9.17, 15) is 14.4 Å². The summed E-state index contributed by atoms with van der Waals surface area (Å²) in [7, 11) is 0. The zero-order valence-electron chi connectivity index (χ0n) is 16.3. The molecule has 2 aliphatic rings. The zero-order chi connectivity index (χ0) is 20.4. The number of carbonyl (C=O) groups excluding carboxylic acids is 3. The molecule has 0 bridgehead atoms. The van der Waals surface area contributed by atoms with Gasteiger partial charge in [-0.1, -0.05) is 30.5 Å². The van der Waals surface area contributed by atoms with Gasteiger partial charge >= 0.3 is 0 Å². The first-order valence-corrected chi connectivity index (χ1v) is 10.6. The Kier molecular flexibility index (Phi) is 5.58. The minimum absolute atomic E-state index is 0.293. The normalized spacial score (nSPS) is 18.8. The predicted molar refractivity (Wildman–Crippen MR) is 114 cm³/mol. The largest absolute Gasteiger partial charge is 0.351 e. The van der Waals surface area contributed by atoms with Crippen LogP contribution in [0.3, 0.4) is 0 Å². The Hall–Kier alpha value is -2.80. The number of carbonyl (C=O) groups is 3. The molecular formula is C22H23N3O3S. The summed E-state index contributed by atoms with van der Waals surface area (Å²) in [5, 5.41) is 2.30. The third-order valence-electron chi connectivity index (χ3n) is 5.29. The van der Waals surface area contributed by atoms with Gasteiger partial charge in [-0.3, -0.25) is 19.3 Å². The van der Waals surface area contributed by atoms with Crippen LogP contribution in [-0.4, -0.2) is 33.1 Å². The van der Waals surface area contributed by atoms with Crippen LogP contribution >= 0.6 is 11.8 Å². The first-order chi connectivity index (χ1) is 14.0. The van der Waals surface area contributed by atoms with Crippen LogP contribution in [0.15, 0.2) is 47.6 Å². The minimum atomic E-state index is -0.423. The van der Waals surface area contributed by atoms with Crippen molar-refractivity contribution in [3.63, 3.8) is 0 Å². The second kappa shape index (κ2) is 8.29. The van der Waals surface area contributed by atoms with Gasteiger partial charge < -0.3 is 9.88 Å². The summed E-state index contributed by atoms with van der Waals surface area (Å²) < 4.78 is 2.19. The summed E-state index contributed by atoms with van der Waals surface area (Å²) in [6.45, 7) is 1.67. The lowest BCUT2D eigenvalue weighted by Crippen LogP contribution is -2.36. The number of nitrogens with one attached hydrogen (secondary N) is 1. The van der Waals surface area contributed by atoms with Crippen molar-refractivity contribution >= 4 is 40.6 Å². The molecule has 0 unspecified atom stereocenters. The van der Waals surface area contributed by atoms with E-state index in [1.165, 1.54) is 25.7 Å². The number of amides is 3. The molecule has 0 atom stereocenters. The molecule has 1 aliphatic carbocycles. The Balaban J connectivity index is 1.41. The highest BCUT2D eigenvalue weighted by Crippen LogP contribution is 2.33. The quantitative estimate of drug-likeness (QED) is 0.734. The molecule has 0 radical (unpaired) electrons. The molecule has 1 aliphatic heterocycles. The van der Waals surface area contributed by atoms with Gasteiger partial charge in [0.1, 0.15) is 6.54 Å². The predicted octanol–water partition coefficient (Wildman–Crippen LogP) is 4.59. The standard InChI is InChI=1S/C22H23N3O3S/c1-15-6-8-17(9-7-15)23-20(26)14-25-21(27)19(29-22(25)28)12-16-10-11-24(13-16)18-4-2-3-5-18/h6-13,18H,2-5,14H2,1H3,(H,23,26)/b19-12+. The van der Waals surface area contributed by atoms with Crippen LogP contribution in [0.1, 0.15) is 42.9 Å². The Labute approximate surface area is 174 Å². The van der Waals surface area contributed by atoms with Gasteiger partial charge in [0.15, 0.2) is 0 Å². The topological polar surface area (TPSA) is 71.4 Å². The SMILES string of the molecule is Cc1ccc(NC(=O)CN2C(=O)S/C(=C/c3ccn(C4CCCC4)c3)C2=O)cc1. The highest BCUT2D eigenvalue weighted by Gasteiger charge is 2.36. The average molecular weight is 410 g/mol. The van der Waals surface area contributed by atoms with Crippen molar-refractivity contribution in [1.29, 1.82) is 0 Å². The van der Waals surface area contributed by atoms with Gasteiger partial charge in [0.25, 0.3) is 11.1 Å². The van der Waals surface area contributed by atoms with Crippen molar-refractivity contribution in [2.45, 2.75) is 38.6 Å². The molecule has 1 saturated carbocycles. The third-order valence-corrected chi connectivity index (χ3v) is 6.20. The minimum Gasteiger partial charge on any atom is -0.351 e. The second-order valence-corrected chi connectivity index (χ2v) is 8.51. The van der Waals surface area contributed by atoms with Crippen molar-refractivity contribution in [2.24, 2.45) is 0 Å². The molecular weight excluding hydrogens is 386 g/mol. The van der Waals surface area contributed by atoms with Gasteiger partial charge in [-0.15, -0.1) is 0 Å². The molecule has 29 heavy (non-hydrogen) atoms. The van der Waals surface area contributed by atoms with Crippen LogP contribution in [0, 0.1) is 6.92 Å². The molecule has 0 spiro atoms. The summed E-state index contributed by atoms with van der Waals surface area (Å²) in [4.78, 5) is 38.5. The summed E-state index contributed by atoms with van der Waals surface area (Å²) in [5.74, 6) is -0.822. The molecule has 3 amide bonds. The molecule has 2 heterocycles. The van der Waals surface area contributed by atoms with Crippen molar-refractivity contribution in [3.8, 4) is 0 Å². The van der Waals surface area contributed by atoms with Crippen LogP contribution < -0.4 is 5.32 Å². The molecule has 2 fully saturated rings. The number of thioether (sulfide) groups is 1. The summed E-state index contributed by atoms with van der Waals surface area (Å²) in [6.07, 6.45) is 10.6. The number of nitrogens with zero attached hydrogens (tertiary/aromatic N) is 2. The summed E-state index contributed by atoms with van der Waals surface area (Å²) in [6, 6.07) is 9.83. The van der Waals surface area contributed by atoms with Crippen LogP contribution in [0.5, 0.6) is 0 Å². The van der Waals surface area contributed by atoms with E-state index in [-0.39, 0.29) is 6.54 Å². The fourth-order valence-electron chi connectivity index (χ4n) is 3.71. The molecule has 7 heteroatoms. The molecule has 1 saturated heterocycles. The monoisotopic (exact) mass is 409 g/mol. The summed E-state index contributed by atoms with van der Waals surface area (Å²) in [5.41, 5.74) is 2.61. The molecule has 1 aromatic carbocycles. The number of anilines is 1. The zero-order valence-corrected chi connectivity index (χ0v) is 17.1. The maximum absolute atomic E-state index is 12.6. The highest BCUT2D eigenvalue weighted by molar-refractivity contribution is 8.18. The Bertz CT molecular complexity index is 971. The van der Waals surface area contributed by atoms with Gasteiger partial charge in [-0.25, -0.2) is 0 Å². The molecule has 1 N–H and O–H groups in total. The first-order valence-electron chi connectivity index (χ1n) is 9.79. The second-order valence-electron chi connectivity index (χ2n) is 7.51. The average Bonchev–Trinajstić information content (AvgIpc) is 3.42. The molecule has 2 aromatic rings. The van der Waals surface area contributed by atoms with E-state index >= 15 is 0 Å². The molecule has 150 valence electrons. The van der Waals surface area contributed by atoms with Crippen molar-refractivity contribution < 1.29 is 14.4 Å². The third kappa shape index (κ3) is 4.45.